The molecule has 0 radical (unpaired) electrons. The van der Waals surface area contributed by atoms with Crippen LogP contribution in [-0.2, 0) is 9.47 Å². The van der Waals surface area contributed by atoms with Crippen LogP contribution in [0.25, 0.3) is 23.1 Å². The van der Waals surface area contributed by atoms with Crippen molar-refractivity contribution in [1.82, 2.24) is 14.9 Å². The van der Waals surface area contributed by atoms with E-state index in [1.807, 2.05) is 57.2 Å². The Morgan fingerprint density at radius 3 is 2.10 bits per heavy atom. The van der Waals surface area contributed by atoms with Gasteiger partial charge in [-0.15, -0.1) is 0 Å². The summed E-state index contributed by atoms with van der Waals surface area (Å²) in [5, 5.41) is 0.818. The fourth-order valence-electron chi connectivity index (χ4n) is 4.22. The van der Waals surface area contributed by atoms with Gasteiger partial charge in [-0.25, -0.2) is 19.6 Å². The largest absolute Gasteiger partial charge is 0.493 e. The number of benzene rings is 2. The van der Waals surface area contributed by atoms with Crippen LogP contribution in [0.15, 0.2) is 36.4 Å². The third kappa shape index (κ3) is 6.57. The average Bonchev–Trinajstić information content (AvgIpc) is 2.93. The number of esters is 1. The molecule has 1 aliphatic heterocycles. The van der Waals surface area contributed by atoms with E-state index in [-0.39, 0.29) is 12.1 Å². The summed E-state index contributed by atoms with van der Waals surface area (Å²) in [6.45, 7) is 7.75. The predicted molar refractivity (Wildman–Crippen MR) is 149 cm³/mol. The van der Waals surface area contributed by atoms with Crippen molar-refractivity contribution < 1.29 is 28.5 Å². The van der Waals surface area contributed by atoms with Gasteiger partial charge in [0.1, 0.15) is 11.4 Å². The zero-order chi connectivity index (χ0) is 28.2. The van der Waals surface area contributed by atoms with E-state index < -0.39 is 5.60 Å². The number of hydrogen-bond donors (Lipinski definition) is 0. The van der Waals surface area contributed by atoms with Gasteiger partial charge in [0.15, 0.2) is 17.3 Å². The zero-order valence-corrected chi connectivity index (χ0v) is 23.2. The maximum absolute atomic E-state index is 12.6. The lowest BCUT2D eigenvalue weighted by molar-refractivity contribution is 0.0240. The summed E-state index contributed by atoms with van der Waals surface area (Å²) in [6.07, 6.45) is 3.39. The summed E-state index contributed by atoms with van der Waals surface area (Å²) in [6, 6.07) is 10.8. The lowest BCUT2D eigenvalue weighted by atomic mass is 10.1. The molecule has 1 amide bonds. The van der Waals surface area contributed by atoms with Crippen LogP contribution in [-0.4, -0.2) is 80.0 Å². The summed E-state index contributed by atoms with van der Waals surface area (Å²) in [5.74, 6) is 2.01. The molecule has 0 saturated carbocycles. The molecule has 0 bridgehead atoms. The molecule has 0 N–H and O–H groups in total. The highest BCUT2D eigenvalue weighted by molar-refractivity contribution is 5.93. The first-order chi connectivity index (χ1) is 18.6. The van der Waals surface area contributed by atoms with Gasteiger partial charge >= 0.3 is 12.1 Å². The number of nitrogens with zero attached hydrogens (tertiary/aromatic N) is 4. The predicted octanol–water partition coefficient (Wildman–Crippen LogP) is 4.66. The van der Waals surface area contributed by atoms with E-state index in [4.69, 9.17) is 28.9 Å². The number of aromatic nitrogens is 2. The van der Waals surface area contributed by atoms with Gasteiger partial charge in [0.05, 0.1) is 32.4 Å². The van der Waals surface area contributed by atoms with Crippen molar-refractivity contribution in [1.29, 1.82) is 0 Å². The molecule has 2 aromatic carbocycles. The number of fused-ring (bicyclic) bond motifs is 1. The van der Waals surface area contributed by atoms with Crippen LogP contribution in [0.5, 0.6) is 11.5 Å². The summed E-state index contributed by atoms with van der Waals surface area (Å²) < 4.78 is 21.3. The van der Waals surface area contributed by atoms with Gasteiger partial charge in [0, 0.05) is 37.6 Å². The molecule has 1 fully saturated rings. The zero-order valence-electron chi connectivity index (χ0n) is 23.2. The van der Waals surface area contributed by atoms with Gasteiger partial charge in [0.2, 0.25) is 0 Å². The number of methoxy groups -OCH3 is 3. The van der Waals surface area contributed by atoms with Crippen LogP contribution >= 0.6 is 0 Å². The van der Waals surface area contributed by atoms with Crippen molar-refractivity contribution in [2.45, 2.75) is 26.4 Å². The number of amides is 1. The van der Waals surface area contributed by atoms with Gasteiger partial charge in [-0.2, -0.15) is 0 Å². The number of ether oxygens (including phenoxy) is 4. The lowest BCUT2D eigenvalue weighted by Gasteiger charge is -2.36. The van der Waals surface area contributed by atoms with Gasteiger partial charge in [-0.3, -0.25) is 0 Å². The Bertz CT molecular complexity index is 1370. The van der Waals surface area contributed by atoms with Crippen LogP contribution in [0.3, 0.4) is 0 Å². The van der Waals surface area contributed by atoms with Gasteiger partial charge < -0.3 is 28.7 Å². The molecule has 4 rings (SSSR count). The standard InChI is InChI=1S/C29H34N4O6/c1-29(2,3)39-28(35)33-15-13-32(14-16-33)26-21-17-23(36-4)24(37-5)18-22(21)30-25(31-26)12-9-19-7-10-20(11-8-19)27(34)38-6/h7-12,17-18H,13-16H2,1-6H3/b12-9+. The van der Waals surface area contributed by atoms with E-state index in [0.717, 1.165) is 16.8 Å². The highest BCUT2D eigenvalue weighted by Gasteiger charge is 2.27. The maximum atomic E-state index is 12.6. The average molecular weight is 535 g/mol. The molecule has 10 nitrogen and oxygen atoms in total. The van der Waals surface area contributed by atoms with Crippen molar-refractivity contribution in [3.63, 3.8) is 0 Å². The number of piperazine rings is 1. The smallest absolute Gasteiger partial charge is 0.410 e. The molecular formula is C29H34N4O6. The molecule has 0 spiro atoms. The first-order valence-electron chi connectivity index (χ1n) is 12.6. The number of rotatable bonds is 6. The van der Waals surface area contributed by atoms with Gasteiger partial charge in [-0.1, -0.05) is 18.2 Å². The summed E-state index contributed by atoms with van der Waals surface area (Å²) >= 11 is 0. The Balaban J connectivity index is 1.65. The van der Waals surface area contributed by atoms with Crippen molar-refractivity contribution in [3.8, 4) is 11.5 Å². The molecular weight excluding hydrogens is 500 g/mol. The molecule has 0 atom stereocenters. The second-order valence-electron chi connectivity index (χ2n) is 10.0. The van der Waals surface area contributed by atoms with Gasteiger partial charge in [0.25, 0.3) is 0 Å². The van der Waals surface area contributed by atoms with Gasteiger partial charge in [-0.05, 0) is 50.6 Å². The fraction of sp³-hybridized carbons (Fsp3) is 0.379. The first-order valence-corrected chi connectivity index (χ1v) is 12.6. The van der Waals surface area contributed by atoms with Crippen LogP contribution in [0, 0.1) is 0 Å². The van der Waals surface area contributed by atoms with Crippen molar-refractivity contribution in [3.05, 3.63) is 53.3 Å². The highest BCUT2D eigenvalue weighted by atomic mass is 16.6. The number of anilines is 1. The third-order valence-corrected chi connectivity index (χ3v) is 6.19. The van der Waals surface area contributed by atoms with E-state index in [1.165, 1.54) is 7.11 Å². The summed E-state index contributed by atoms with van der Waals surface area (Å²) in [7, 11) is 4.53. The molecule has 0 aliphatic carbocycles. The van der Waals surface area contributed by atoms with E-state index >= 15 is 0 Å². The normalized spacial score (nSPS) is 14.0. The highest BCUT2D eigenvalue weighted by Crippen LogP contribution is 2.35. The Morgan fingerprint density at radius 2 is 1.51 bits per heavy atom. The van der Waals surface area contributed by atoms with Crippen molar-refractivity contribution in [2.24, 2.45) is 0 Å². The van der Waals surface area contributed by atoms with Crippen molar-refractivity contribution in [2.75, 3.05) is 52.4 Å². The molecule has 2 heterocycles. The molecule has 1 aromatic heterocycles. The topological polar surface area (TPSA) is 103 Å². The van der Waals surface area contributed by atoms with E-state index in [0.29, 0.717) is 54.6 Å². The van der Waals surface area contributed by atoms with E-state index in [9.17, 15) is 9.59 Å². The second-order valence-corrected chi connectivity index (χ2v) is 10.0. The summed E-state index contributed by atoms with van der Waals surface area (Å²) in [5.41, 5.74) is 1.51. The van der Waals surface area contributed by atoms with E-state index in [1.54, 1.807) is 31.3 Å². The summed E-state index contributed by atoms with van der Waals surface area (Å²) in [4.78, 5) is 37.8. The van der Waals surface area contributed by atoms with Crippen molar-refractivity contribution >= 4 is 40.9 Å². The number of carbonyl (C=O) groups excluding carboxylic acids is 2. The fourth-order valence-corrected chi connectivity index (χ4v) is 4.22. The molecule has 3 aromatic rings. The number of carbonyl (C=O) groups is 2. The minimum Gasteiger partial charge on any atom is -0.493 e. The van der Waals surface area contributed by atoms with Crippen LogP contribution in [0.2, 0.25) is 0 Å². The quantitative estimate of drug-likeness (QED) is 0.418. The molecule has 206 valence electrons. The SMILES string of the molecule is COC(=O)c1ccc(/C=C/c2nc(N3CCN(C(=O)OC(C)(C)C)CC3)c3cc(OC)c(OC)cc3n2)cc1. The molecule has 1 saturated heterocycles. The Hall–Kier alpha value is -4.34. The van der Waals surface area contributed by atoms with E-state index in [2.05, 4.69) is 4.90 Å². The number of hydrogen-bond acceptors (Lipinski definition) is 9. The Kier molecular flexibility index (Phi) is 8.23. The molecule has 1 aliphatic rings. The molecule has 39 heavy (non-hydrogen) atoms. The van der Waals surface area contributed by atoms with Crippen LogP contribution in [0.4, 0.5) is 10.6 Å². The minimum absolute atomic E-state index is 0.317. The molecule has 10 heteroatoms. The maximum Gasteiger partial charge on any atom is 0.410 e. The molecule has 0 unspecified atom stereocenters. The first kappa shape index (κ1) is 27.7. The third-order valence-electron chi connectivity index (χ3n) is 6.19. The lowest BCUT2D eigenvalue weighted by Crippen LogP contribution is -2.50. The Labute approximate surface area is 228 Å². The second kappa shape index (κ2) is 11.6. The monoisotopic (exact) mass is 534 g/mol. The van der Waals surface area contributed by atoms with Crippen LogP contribution < -0.4 is 14.4 Å². The van der Waals surface area contributed by atoms with Crippen LogP contribution in [0.1, 0.15) is 42.5 Å². The Morgan fingerprint density at radius 1 is 0.872 bits per heavy atom. The minimum atomic E-state index is -0.548.